The van der Waals surface area contributed by atoms with Gasteiger partial charge in [-0.3, -0.25) is 24.5 Å². The summed E-state index contributed by atoms with van der Waals surface area (Å²) < 4.78 is 7.29. The maximum Gasteiger partial charge on any atom is 0.237 e. The highest BCUT2D eigenvalue weighted by Crippen LogP contribution is 2.42. The van der Waals surface area contributed by atoms with Crippen LogP contribution in [0.3, 0.4) is 0 Å². The minimum absolute atomic E-state index is 0.00219. The van der Waals surface area contributed by atoms with Crippen molar-refractivity contribution in [2.24, 2.45) is 5.41 Å². The molecule has 8 rings (SSSR count). The second-order valence-corrected chi connectivity index (χ2v) is 14.6. The Kier molecular flexibility index (Phi) is 8.81. The number of anilines is 1. The monoisotopic (exact) mass is 709 g/mol. The van der Waals surface area contributed by atoms with Crippen LogP contribution >= 0.6 is 11.3 Å². The van der Waals surface area contributed by atoms with Crippen LogP contribution in [0.25, 0.3) is 38.6 Å². The first kappa shape index (κ1) is 33.1. The zero-order valence-corrected chi connectivity index (χ0v) is 29.3. The SMILES string of the molecule is CC(C)Oc1ccc(-c2n[nH]c3ccc(N4CC[C@]5(CCN(CC(=O)N6CC=C(c7ncc(-c8ncn(CCO)n8)s7)CC6)C5)C4=O)nc23)cn1. The summed E-state index contributed by atoms with van der Waals surface area (Å²) >= 11 is 1.53. The van der Waals surface area contributed by atoms with E-state index in [2.05, 4.69) is 41.2 Å². The molecule has 2 N–H and O–H groups in total. The summed E-state index contributed by atoms with van der Waals surface area (Å²) in [4.78, 5) is 52.3. The predicted octanol–water partition coefficient (Wildman–Crippen LogP) is 3.26. The highest BCUT2D eigenvalue weighted by molar-refractivity contribution is 7.16. The minimum atomic E-state index is -0.521. The summed E-state index contributed by atoms with van der Waals surface area (Å²) in [5.74, 6) is 1.87. The van der Waals surface area contributed by atoms with E-state index in [-0.39, 0.29) is 24.5 Å². The molecule has 2 fully saturated rings. The first-order chi connectivity index (χ1) is 24.8. The smallest absolute Gasteiger partial charge is 0.237 e. The zero-order chi connectivity index (χ0) is 35.1. The van der Waals surface area contributed by atoms with E-state index in [1.54, 1.807) is 28.3 Å². The van der Waals surface area contributed by atoms with Crippen LogP contribution in [-0.2, 0) is 16.1 Å². The minimum Gasteiger partial charge on any atom is -0.475 e. The van der Waals surface area contributed by atoms with E-state index in [0.717, 1.165) is 39.4 Å². The molecule has 3 aliphatic rings. The predicted molar refractivity (Wildman–Crippen MR) is 191 cm³/mol. The zero-order valence-electron chi connectivity index (χ0n) is 28.5. The number of thiazole rings is 1. The standard InChI is InChI=1S/C35H39N11O4S/c1-22(2)50-28-6-3-24(17-36-28)30-31-25(40-41-30)4-5-27(39-31)46-14-10-35(34(46)49)9-13-43(20-35)19-29(48)44-11-7-23(8-12-44)33-37-18-26(51-33)32-38-21-45(42-32)15-16-47/h3-7,17-18,21-22,47H,8-16,19-20H2,1-2H3,(H,40,41)/t35-/m0/s1. The number of carbonyl (C=O) groups excluding carboxylic acids is 2. The number of aromatic nitrogens is 8. The van der Waals surface area contributed by atoms with Gasteiger partial charge in [0.25, 0.3) is 0 Å². The molecule has 0 saturated carbocycles. The van der Waals surface area contributed by atoms with E-state index >= 15 is 0 Å². The maximum absolute atomic E-state index is 14.0. The van der Waals surface area contributed by atoms with Gasteiger partial charge < -0.3 is 14.7 Å². The van der Waals surface area contributed by atoms with E-state index in [9.17, 15) is 9.59 Å². The second kappa shape index (κ2) is 13.6. The number of fused-ring (bicyclic) bond motifs is 1. The van der Waals surface area contributed by atoms with E-state index in [0.29, 0.717) is 81.0 Å². The van der Waals surface area contributed by atoms with Crippen molar-refractivity contribution >= 4 is 45.6 Å². The van der Waals surface area contributed by atoms with Gasteiger partial charge in [-0.1, -0.05) is 6.08 Å². The van der Waals surface area contributed by atoms with Crippen molar-refractivity contribution in [3.63, 3.8) is 0 Å². The van der Waals surface area contributed by atoms with Gasteiger partial charge in [-0.15, -0.1) is 16.4 Å². The van der Waals surface area contributed by atoms with Gasteiger partial charge in [0, 0.05) is 50.2 Å². The van der Waals surface area contributed by atoms with Crippen LogP contribution in [-0.4, -0.2) is 119 Å². The lowest BCUT2D eigenvalue weighted by molar-refractivity contribution is -0.132. The average molecular weight is 710 g/mol. The number of aliphatic hydroxyl groups excluding tert-OH is 1. The molecule has 8 heterocycles. The van der Waals surface area contributed by atoms with Crippen molar-refractivity contribution in [1.29, 1.82) is 0 Å². The van der Waals surface area contributed by atoms with E-state index in [4.69, 9.17) is 14.8 Å². The van der Waals surface area contributed by atoms with E-state index in [1.807, 2.05) is 43.0 Å². The summed E-state index contributed by atoms with van der Waals surface area (Å²) in [7, 11) is 0. The Labute approximate surface area is 298 Å². The summed E-state index contributed by atoms with van der Waals surface area (Å²) in [5.41, 5.74) is 3.51. The highest BCUT2D eigenvalue weighted by Gasteiger charge is 2.51. The van der Waals surface area contributed by atoms with Crippen LogP contribution in [0.5, 0.6) is 5.88 Å². The molecule has 0 radical (unpaired) electrons. The molecule has 1 atom stereocenters. The van der Waals surface area contributed by atoms with Crippen molar-refractivity contribution in [2.45, 2.75) is 45.8 Å². The molecule has 0 unspecified atom stereocenters. The van der Waals surface area contributed by atoms with Gasteiger partial charge in [-0.2, -0.15) is 5.10 Å². The molecular weight excluding hydrogens is 671 g/mol. The number of rotatable bonds is 10. The normalized spacial score (nSPS) is 19.6. The number of amides is 2. The number of H-pyrrole nitrogens is 1. The van der Waals surface area contributed by atoms with Gasteiger partial charge >= 0.3 is 0 Å². The van der Waals surface area contributed by atoms with Gasteiger partial charge in [0.2, 0.25) is 17.7 Å². The summed E-state index contributed by atoms with van der Waals surface area (Å²) in [6.45, 7) is 7.57. The molecule has 2 saturated heterocycles. The lowest BCUT2D eigenvalue weighted by Gasteiger charge is -2.28. The number of pyridine rings is 2. The quantitative estimate of drug-likeness (QED) is 0.218. The van der Waals surface area contributed by atoms with Gasteiger partial charge in [0.05, 0.1) is 41.6 Å². The van der Waals surface area contributed by atoms with E-state index < -0.39 is 5.41 Å². The van der Waals surface area contributed by atoms with Crippen molar-refractivity contribution < 1.29 is 19.4 Å². The molecule has 2 amide bonds. The third-order valence-corrected chi connectivity index (χ3v) is 10.8. The Balaban J connectivity index is 0.883. The van der Waals surface area contributed by atoms with E-state index in [1.165, 1.54) is 11.3 Å². The largest absolute Gasteiger partial charge is 0.475 e. The molecule has 15 nitrogen and oxygen atoms in total. The lowest BCUT2D eigenvalue weighted by Crippen LogP contribution is -2.43. The number of hydrogen-bond donors (Lipinski definition) is 2. The van der Waals surface area contributed by atoms with Crippen molar-refractivity contribution in [2.75, 3.05) is 50.8 Å². The molecule has 0 bridgehead atoms. The lowest BCUT2D eigenvalue weighted by atomic mass is 9.85. The Morgan fingerprint density at radius 3 is 2.76 bits per heavy atom. The third-order valence-electron chi connectivity index (χ3n) is 9.77. The highest BCUT2D eigenvalue weighted by atomic mass is 32.1. The summed E-state index contributed by atoms with van der Waals surface area (Å²) in [5, 5.41) is 22.0. The molecule has 51 heavy (non-hydrogen) atoms. The fourth-order valence-corrected chi connectivity index (χ4v) is 8.03. The Morgan fingerprint density at radius 2 is 1.98 bits per heavy atom. The summed E-state index contributed by atoms with van der Waals surface area (Å²) in [6.07, 6.45) is 9.36. The first-order valence-corrected chi connectivity index (χ1v) is 18.1. The van der Waals surface area contributed by atoms with Gasteiger partial charge in [0.1, 0.15) is 28.4 Å². The number of carbonyl (C=O) groups is 2. The molecule has 0 aromatic carbocycles. The fourth-order valence-electron chi connectivity index (χ4n) is 7.11. The number of hydrogen-bond acceptors (Lipinski definition) is 12. The summed E-state index contributed by atoms with van der Waals surface area (Å²) in [6, 6.07) is 7.50. The van der Waals surface area contributed by atoms with Gasteiger partial charge in [0.15, 0.2) is 5.82 Å². The molecule has 0 aliphatic carbocycles. The number of likely N-dealkylation sites (tertiary alicyclic amines) is 1. The third kappa shape index (κ3) is 6.50. The Hall–Kier alpha value is -5.06. The Morgan fingerprint density at radius 1 is 1.10 bits per heavy atom. The molecule has 3 aliphatic heterocycles. The number of aliphatic hydroxyl groups is 1. The molecule has 5 aromatic rings. The number of ether oxygens (including phenoxy) is 1. The van der Waals surface area contributed by atoms with Gasteiger partial charge in [-0.25, -0.2) is 24.6 Å². The van der Waals surface area contributed by atoms with Crippen LogP contribution < -0.4 is 9.64 Å². The van der Waals surface area contributed by atoms with Crippen LogP contribution in [0.1, 0.15) is 38.1 Å². The molecule has 264 valence electrons. The average Bonchev–Trinajstić information content (AvgIpc) is 3.98. The second-order valence-electron chi connectivity index (χ2n) is 13.5. The topological polar surface area (TPSA) is 171 Å². The molecule has 1 spiro atoms. The van der Waals surface area contributed by atoms with Crippen molar-refractivity contribution in [3.8, 4) is 27.8 Å². The number of nitrogens with zero attached hydrogens (tertiary/aromatic N) is 10. The first-order valence-electron chi connectivity index (χ1n) is 17.2. The van der Waals surface area contributed by atoms with Crippen molar-refractivity contribution in [1.82, 2.24) is 49.7 Å². The van der Waals surface area contributed by atoms with Crippen LogP contribution in [0.4, 0.5) is 5.82 Å². The number of nitrogens with one attached hydrogen (secondary N) is 1. The number of aromatic amines is 1. The Bertz CT molecular complexity index is 2110. The fraction of sp³-hybridized carbons (Fsp3) is 0.429. The van der Waals surface area contributed by atoms with Gasteiger partial charge in [-0.05, 0) is 63.4 Å². The van der Waals surface area contributed by atoms with Crippen LogP contribution in [0.2, 0.25) is 0 Å². The molecular formula is C35H39N11O4S. The molecule has 16 heteroatoms. The van der Waals surface area contributed by atoms with Crippen molar-refractivity contribution in [3.05, 3.63) is 54.1 Å². The molecule has 5 aromatic heterocycles. The maximum atomic E-state index is 14.0. The van der Waals surface area contributed by atoms with Crippen LogP contribution in [0.15, 0.2) is 49.1 Å². The van der Waals surface area contributed by atoms with Crippen LogP contribution in [0, 0.1) is 5.41 Å².